The van der Waals surface area contributed by atoms with E-state index in [1.165, 1.54) is 6.92 Å². The number of fused-ring (bicyclic) bond motifs is 1. The van der Waals surface area contributed by atoms with Gasteiger partial charge in [-0.2, -0.15) is 0 Å². The Kier molecular flexibility index (Phi) is 5.71. The molecule has 0 aliphatic carbocycles. The minimum Gasteiger partial charge on any atom is -0.462 e. The first-order chi connectivity index (χ1) is 11.4. The lowest BCUT2D eigenvalue weighted by atomic mass is 9.98. The van der Waals surface area contributed by atoms with Crippen LogP contribution in [0.1, 0.15) is 19.4 Å². The molecule has 0 aromatic heterocycles. The van der Waals surface area contributed by atoms with Gasteiger partial charge in [0, 0.05) is 14.8 Å². The number of benzene rings is 1. The van der Waals surface area contributed by atoms with Crippen molar-refractivity contribution in [2.24, 2.45) is 0 Å². The largest absolute Gasteiger partial charge is 0.462 e. The monoisotopic (exact) mass is 443 g/mol. The van der Waals surface area contributed by atoms with Crippen LogP contribution in [0.5, 0.6) is 0 Å². The predicted molar refractivity (Wildman–Crippen MR) is 93.0 cm³/mol. The fourth-order valence-corrected chi connectivity index (χ4v) is 2.69. The van der Waals surface area contributed by atoms with Crippen LogP contribution in [0, 0.1) is 3.57 Å². The molecule has 1 heterocycles. The molecule has 0 unspecified atom stereocenters. The van der Waals surface area contributed by atoms with Crippen LogP contribution >= 0.6 is 22.6 Å². The molecule has 0 spiro atoms. The third-order valence-corrected chi connectivity index (χ3v) is 3.81. The highest BCUT2D eigenvalue weighted by atomic mass is 127. The lowest BCUT2D eigenvalue weighted by Crippen LogP contribution is -2.27. The summed E-state index contributed by atoms with van der Waals surface area (Å²) in [5.74, 6) is -4.09. The molecular formula is C16H14INO6. The van der Waals surface area contributed by atoms with Gasteiger partial charge in [0.2, 0.25) is 0 Å². The minimum atomic E-state index is -1.21. The molecule has 1 aromatic carbocycles. The molecule has 7 nitrogen and oxygen atoms in total. The third-order valence-electron chi connectivity index (χ3n) is 3.14. The van der Waals surface area contributed by atoms with Gasteiger partial charge in [-0.25, -0.2) is 9.59 Å². The van der Waals surface area contributed by atoms with E-state index in [9.17, 15) is 19.2 Å². The van der Waals surface area contributed by atoms with Crippen molar-refractivity contribution in [1.82, 2.24) is 0 Å². The zero-order valence-electron chi connectivity index (χ0n) is 13.0. The smallest absolute Gasteiger partial charge is 0.379 e. The quantitative estimate of drug-likeness (QED) is 0.186. The van der Waals surface area contributed by atoms with E-state index < -0.39 is 29.2 Å². The van der Waals surface area contributed by atoms with Gasteiger partial charge in [0.25, 0.3) is 11.7 Å². The number of halogens is 1. The molecule has 0 atom stereocenters. The average Bonchev–Trinajstić information content (AvgIpc) is 2.84. The second-order valence-corrected chi connectivity index (χ2v) is 5.91. The number of hydrogen-bond acceptors (Lipinski definition) is 6. The molecule has 8 heteroatoms. The number of nitrogens with one attached hydrogen (secondary N) is 1. The molecule has 0 saturated heterocycles. The van der Waals surface area contributed by atoms with Gasteiger partial charge >= 0.3 is 11.9 Å². The maximum Gasteiger partial charge on any atom is 0.379 e. The summed E-state index contributed by atoms with van der Waals surface area (Å²) in [6.45, 7) is 3.05. The molecule has 1 aliphatic rings. The van der Waals surface area contributed by atoms with Crippen LogP contribution in [0.3, 0.4) is 0 Å². The van der Waals surface area contributed by atoms with Crippen LogP contribution in [0.4, 0.5) is 5.69 Å². The number of carbonyl (C=O) groups is 4. The molecule has 0 bridgehead atoms. The highest BCUT2D eigenvalue weighted by molar-refractivity contribution is 14.1. The molecule has 24 heavy (non-hydrogen) atoms. The van der Waals surface area contributed by atoms with Gasteiger partial charge in [-0.15, -0.1) is 0 Å². The number of anilines is 1. The Morgan fingerprint density at radius 3 is 2.33 bits per heavy atom. The second-order valence-electron chi connectivity index (χ2n) is 4.66. The molecule has 0 fully saturated rings. The Morgan fingerprint density at radius 1 is 1.08 bits per heavy atom. The molecule has 1 aliphatic heterocycles. The normalized spacial score (nSPS) is 14.5. The molecule has 126 valence electrons. The summed E-state index contributed by atoms with van der Waals surface area (Å²) in [7, 11) is 0. The van der Waals surface area contributed by atoms with E-state index in [0.717, 1.165) is 3.57 Å². The van der Waals surface area contributed by atoms with Crippen molar-refractivity contribution in [3.05, 3.63) is 32.9 Å². The van der Waals surface area contributed by atoms with Crippen LogP contribution in [0.15, 0.2) is 23.8 Å². The Hall–Kier alpha value is -2.23. The number of ketones is 1. The van der Waals surface area contributed by atoms with Crippen LogP contribution in [0.2, 0.25) is 0 Å². The zero-order valence-corrected chi connectivity index (χ0v) is 15.1. The summed E-state index contributed by atoms with van der Waals surface area (Å²) in [5.41, 5.74) is 0.0232. The van der Waals surface area contributed by atoms with Crippen LogP contribution in [-0.2, 0) is 28.7 Å². The van der Waals surface area contributed by atoms with E-state index in [4.69, 9.17) is 4.74 Å². The maximum atomic E-state index is 12.4. The van der Waals surface area contributed by atoms with Gasteiger partial charge in [0.15, 0.2) is 0 Å². The Morgan fingerprint density at radius 2 is 1.71 bits per heavy atom. The van der Waals surface area contributed by atoms with Crippen LogP contribution in [0.25, 0.3) is 5.57 Å². The van der Waals surface area contributed by atoms with E-state index in [-0.39, 0.29) is 18.8 Å². The van der Waals surface area contributed by atoms with Crippen molar-refractivity contribution in [2.45, 2.75) is 13.8 Å². The van der Waals surface area contributed by atoms with Gasteiger partial charge < -0.3 is 14.8 Å². The maximum absolute atomic E-state index is 12.4. The first kappa shape index (κ1) is 18.1. The topological polar surface area (TPSA) is 98.8 Å². The zero-order chi connectivity index (χ0) is 17.9. The number of hydrogen-bond donors (Lipinski definition) is 1. The summed E-state index contributed by atoms with van der Waals surface area (Å²) in [6.07, 6.45) is 0. The number of rotatable bonds is 5. The number of esters is 2. The van der Waals surface area contributed by atoms with Gasteiger partial charge in [-0.05, 0) is 54.6 Å². The lowest BCUT2D eigenvalue weighted by molar-refractivity contribution is -0.153. The van der Waals surface area contributed by atoms with Gasteiger partial charge in [0.1, 0.15) is 5.57 Å². The fourth-order valence-electron chi connectivity index (χ4n) is 2.20. The predicted octanol–water partition coefficient (Wildman–Crippen LogP) is 1.69. The summed E-state index contributed by atoms with van der Waals surface area (Å²) in [4.78, 5) is 48.7. The number of ether oxygens (including phenoxy) is 2. The van der Waals surface area contributed by atoms with Crippen molar-refractivity contribution in [3.8, 4) is 0 Å². The Bertz CT molecular complexity index is 768. The van der Waals surface area contributed by atoms with Crippen molar-refractivity contribution >= 4 is 57.5 Å². The van der Waals surface area contributed by atoms with Crippen molar-refractivity contribution in [1.29, 1.82) is 0 Å². The summed E-state index contributed by atoms with van der Waals surface area (Å²) in [6, 6.07) is 5.06. The highest BCUT2D eigenvalue weighted by Crippen LogP contribution is 2.35. The average molecular weight is 443 g/mol. The van der Waals surface area contributed by atoms with Gasteiger partial charge in [-0.1, -0.05) is 0 Å². The van der Waals surface area contributed by atoms with Crippen LogP contribution < -0.4 is 5.32 Å². The van der Waals surface area contributed by atoms with E-state index in [0.29, 0.717) is 11.3 Å². The van der Waals surface area contributed by atoms with Gasteiger partial charge in [-0.3, -0.25) is 9.59 Å². The summed E-state index contributed by atoms with van der Waals surface area (Å²) < 4.78 is 10.3. The van der Waals surface area contributed by atoms with E-state index >= 15 is 0 Å². The third kappa shape index (κ3) is 3.48. The first-order valence-corrected chi connectivity index (χ1v) is 8.22. The lowest BCUT2D eigenvalue weighted by Gasteiger charge is -2.09. The first-order valence-electron chi connectivity index (χ1n) is 7.14. The van der Waals surface area contributed by atoms with Crippen molar-refractivity contribution < 1.29 is 28.7 Å². The summed E-state index contributed by atoms with van der Waals surface area (Å²) in [5, 5.41) is 2.57. The van der Waals surface area contributed by atoms with Crippen molar-refractivity contribution in [2.75, 3.05) is 18.5 Å². The van der Waals surface area contributed by atoms with E-state index in [2.05, 4.69) is 10.1 Å². The molecular weight excluding hydrogens is 429 g/mol. The summed E-state index contributed by atoms with van der Waals surface area (Å²) >= 11 is 2.04. The number of carbonyl (C=O) groups excluding carboxylic acids is 4. The molecule has 0 radical (unpaired) electrons. The molecule has 1 amide bonds. The fraction of sp³-hybridized carbons (Fsp3) is 0.250. The number of amides is 1. The highest BCUT2D eigenvalue weighted by Gasteiger charge is 2.37. The molecule has 2 rings (SSSR count). The minimum absolute atomic E-state index is 0.00742. The second kappa shape index (κ2) is 7.56. The van der Waals surface area contributed by atoms with E-state index in [1.54, 1.807) is 25.1 Å². The Balaban J connectivity index is 2.66. The molecule has 0 saturated carbocycles. The molecule has 1 N–H and O–H groups in total. The SMILES string of the molecule is CCOC(=O)C(=O)/C(C(=O)OCC)=C1\C(=O)Nc2ccc(I)cc21. The number of Topliss-reactive ketones (excluding diaryl/α,β-unsaturated/α-hetero) is 1. The van der Waals surface area contributed by atoms with Crippen LogP contribution in [-0.4, -0.2) is 36.8 Å². The van der Waals surface area contributed by atoms with E-state index in [1.807, 2.05) is 22.6 Å². The Labute approximate surface area is 151 Å². The van der Waals surface area contributed by atoms with Gasteiger partial charge in [0.05, 0.1) is 18.8 Å². The standard InChI is InChI=1S/C16H14INO6/c1-3-23-15(21)12(13(19)16(22)24-4-2)11-9-7-8(17)5-6-10(9)18-14(11)20/h5-7H,3-4H2,1-2H3,(H,18,20)/b12-11+. The molecule has 1 aromatic rings. The van der Waals surface area contributed by atoms with Crippen molar-refractivity contribution in [3.63, 3.8) is 0 Å².